The average Bonchev–Trinajstić information content (AvgIpc) is 3.48. The Hall–Kier alpha value is -2.97. The van der Waals surface area contributed by atoms with Gasteiger partial charge in [0.15, 0.2) is 11.5 Å². The van der Waals surface area contributed by atoms with Crippen molar-refractivity contribution in [3.8, 4) is 32.6 Å². The Bertz CT molecular complexity index is 1070. The fourth-order valence-electron chi connectivity index (χ4n) is 2.94. The smallest absolute Gasteiger partial charge is 0.223 e. The number of hydrogen-bond donors (Lipinski definition) is 1. The van der Waals surface area contributed by atoms with Crippen LogP contribution < -0.4 is 14.8 Å². The topological polar surface area (TPSA) is 69.2 Å². The average molecular weight is 425 g/mol. The second-order valence-electron chi connectivity index (χ2n) is 6.14. The van der Waals surface area contributed by atoms with Gasteiger partial charge in [-0.25, -0.2) is 15.0 Å². The summed E-state index contributed by atoms with van der Waals surface area (Å²) in [7, 11) is 3.28. The van der Waals surface area contributed by atoms with Crippen LogP contribution in [0.4, 0.5) is 5.95 Å². The molecule has 29 heavy (non-hydrogen) atoms. The highest BCUT2D eigenvalue weighted by Gasteiger charge is 2.14. The molecular formula is C21H20N4O2S2. The largest absolute Gasteiger partial charge is 0.493 e. The highest BCUT2D eigenvalue weighted by Crippen LogP contribution is 2.34. The summed E-state index contributed by atoms with van der Waals surface area (Å²) in [5.41, 5.74) is 3.00. The van der Waals surface area contributed by atoms with E-state index in [1.807, 2.05) is 35.8 Å². The number of rotatable bonds is 8. The van der Waals surface area contributed by atoms with Crippen LogP contribution in [0, 0.1) is 0 Å². The zero-order valence-corrected chi connectivity index (χ0v) is 17.7. The predicted octanol–water partition coefficient (Wildman–Crippen LogP) is 5.00. The van der Waals surface area contributed by atoms with Crippen LogP contribution in [0.2, 0.25) is 0 Å². The molecule has 148 valence electrons. The van der Waals surface area contributed by atoms with E-state index in [4.69, 9.17) is 14.5 Å². The standard InChI is InChI=1S/C21H20N4O2S2/c1-26-16-6-5-14(12-17(16)27-2)7-8-23-21-24-13-15(18-4-3-10-28-18)19(25-21)20-22-9-11-29-20/h3-6,9-13H,7-8H2,1-2H3,(H,23,24,25). The van der Waals surface area contributed by atoms with Crippen LogP contribution in [0.25, 0.3) is 21.1 Å². The summed E-state index contributed by atoms with van der Waals surface area (Å²) in [6.07, 6.45) is 4.47. The van der Waals surface area contributed by atoms with Crippen molar-refractivity contribution in [3.63, 3.8) is 0 Å². The number of nitrogens with zero attached hydrogens (tertiary/aromatic N) is 3. The molecule has 4 rings (SSSR count). The highest BCUT2D eigenvalue weighted by molar-refractivity contribution is 7.14. The third-order valence-corrected chi connectivity index (χ3v) is 6.04. The van der Waals surface area contributed by atoms with Crippen LogP contribution >= 0.6 is 22.7 Å². The zero-order valence-electron chi connectivity index (χ0n) is 16.1. The number of anilines is 1. The van der Waals surface area contributed by atoms with E-state index in [1.54, 1.807) is 43.1 Å². The molecule has 1 aromatic carbocycles. The summed E-state index contributed by atoms with van der Waals surface area (Å²) >= 11 is 3.24. The maximum absolute atomic E-state index is 5.37. The van der Waals surface area contributed by atoms with Crippen molar-refractivity contribution >= 4 is 28.6 Å². The summed E-state index contributed by atoms with van der Waals surface area (Å²) in [5, 5.41) is 8.22. The van der Waals surface area contributed by atoms with Gasteiger partial charge in [0.1, 0.15) is 10.7 Å². The second-order valence-corrected chi connectivity index (χ2v) is 7.98. The molecule has 6 nitrogen and oxygen atoms in total. The van der Waals surface area contributed by atoms with E-state index in [-0.39, 0.29) is 0 Å². The quantitative estimate of drug-likeness (QED) is 0.429. The van der Waals surface area contributed by atoms with Gasteiger partial charge in [-0.1, -0.05) is 12.1 Å². The minimum atomic E-state index is 0.594. The first-order chi connectivity index (χ1) is 14.3. The van der Waals surface area contributed by atoms with E-state index in [2.05, 4.69) is 26.7 Å². The van der Waals surface area contributed by atoms with Crippen molar-refractivity contribution in [1.29, 1.82) is 0 Å². The fraction of sp³-hybridized carbons (Fsp3) is 0.190. The number of hydrogen-bond acceptors (Lipinski definition) is 8. The first-order valence-electron chi connectivity index (χ1n) is 9.04. The van der Waals surface area contributed by atoms with Crippen molar-refractivity contribution in [2.24, 2.45) is 0 Å². The van der Waals surface area contributed by atoms with Crippen molar-refractivity contribution in [3.05, 3.63) is 59.0 Å². The first-order valence-corrected chi connectivity index (χ1v) is 10.8. The summed E-state index contributed by atoms with van der Waals surface area (Å²) in [6.45, 7) is 0.700. The molecule has 4 aromatic rings. The number of nitrogens with one attached hydrogen (secondary N) is 1. The monoisotopic (exact) mass is 424 g/mol. The molecule has 0 atom stereocenters. The van der Waals surface area contributed by atoms with Gasteiger partial charge in [-0.15, -0.1) is 22.7 Å². The molecular weight excluding hydrogens is 404 g/mol. The van der Waals surface area contributed by atoms with Gasteiger partial charge in [0.05, 0.1) is 14.2 Å². The van der Waals surface area contributed by atoms with Crippen molar-refractivity contribution in [1.82, 2.24) is 15.0 Å². The Labute approximate surface area is 177 Å². The molecule has 0 fully saturated rings. The van der Waals surface area contributed by atoms with Crippen molar-refractivity contribution in [2.45, 2.75) is 6.42 Å². The Morgan fingerprint density at radius 1 is 1.00 bits per heavy atom. The lowest BCUT2D eigenvalue weighted by Gasteiger charge is -2.11. The predicted molar refractivity (Wildman–Crippen MR) is 118 cm³/mol. The van der Waals surface area contributed by atoms with Gasteiger partial charge in [-0.05, 0) is 35.6 Å². The van der Waals surface area contributed by atoms with Crippen LogP contribution in [0.15, 0.2) is 53.5 Å². The van der Waals surface area contributed by atoms with E-state index in [1.165, 1.54) is 0 Å². The van der Waals surface area contributed by atoms with Gasteiger partial charge in [0.2, 0.25) is 5.95 Å². The zero-order chi connectivity index (χ0) is 20.1. The molecule has 0 amide bonds. The lowest BCUT2D eigenvalue weighted by Crippen LogP contribution is -2.09. The summed E-state index contributed by atoms with van der Waals surface area (Å²) in [6, 6.07) is 10.0. The van der Waals surface area contributed by atoms with Gasteiger partial charge in [-0.2, -0.15) is 0 Å². The normalized spacial score (nSPS) is 10.7. The molecule has 1 N–H and O–H groups in total. The lowest BCUT2D eigenvalue weighted by molar-refractivity contribution is 0.354. The van der Waals surface area contributed by atoms with Crippen LogP contribution in [-0.2, 0) is 6.42 Å². The van der Waals surface area contributed by atoms with Gasteiger partial charge in [0, 0.05) is 34.8 Å². The number of thiazole rings is 1. The van der Waals surface area contributed by atoms with Gasteiger partial charge >= 0.3 is 0 Å². The Kier molecular flexibility index (Phi) is 6.02. The number of methoxy groups -OCH3 is 2. The van der Waals surface area contributed by atoms with E-state index in [0.29, 0.717) is 12.5 Å². The molecule has 3 heterocycles. The molecule has 0 aliphatic rings. The molecule has 0 spiro atoms. The Morgan fingerprint density at radius 3 is 2.62 bits per heavy atom. The number of benzene rings is 1. The molecule has 0 unspecified atom stereocenters. The number of ether oxygens (including phenoxy) is 2. The summed E-state index contributed by atoms with van der Waals surface area (Å²) in [5.74, 6) is 2.05. The minimum absolute atomic E-state index is 0.594. The SMILES string of the molecule is COc1ccc(CCNc2ncc(-c3cccs3)c(-c3nccs3)n2)cc1OC. The maximum atomic E-state index is 5.37. The number of thiophene rings is 1. The third kappa shape index (κ3) is 4.38. The van der Waals surface area contributed by atoms with Gasteiger partial charge in [-0.3, -0.25) is 0 Å². The molecule has 0 saturated carbocycles. The summed E-state index contributed by atoms with van der Waals surface area (Å²) < 4.78 is 10.7. The molecule has 8 heteroatoms. The van der Waals surface area contributed by atoms with E-state index >= 15 is 0 Å². The maximum Gasteiger partial charge on any atom is 0.223 e. The van der Waals surface area contributed by atoms with Gasteiger partial charge in [0.25, 0.3) is 0 Å². The van der Waals surface area contributed by atoms with Crippen LogP contribution in [0.5, 0.6) is 11.5 Å². The molecule has 0 radical (unpaired) electrons. The highest BCUT2D eigenvalue weighted by atomic mass is 32.1. The molecule has 0 saturated heterocycles. The second kappa shape index (κ2) is 9.02. The van der Waals surface area contributed by atoms with E-state index in [9.17, 15) is 0 Å². The number of aromatic nitrogens is 3. The van der Waals surface area contributed by atoms with Gasteiger partial charge < -0.3 is 14.8 Å². The molecule has 3 aromatic heterocycles. The summed E-state index contributed by atoms with van der Waals surface area (Å²) in [4.78, 5) is 14.8. The van der Waals surface area contributed by atoms with Crippen molar-refractivity contribution in [2.75, 3.05) is 26.1 Å². The van der Waals surface area contributed by atoms with Crippen LogP contribution in [0.3, 0.4) is 0 Å². The third-order valence-electron chi connectivity index (χ3n) is 4.36. The van der Waals surface area contributed by atoms with Crippen LogP contribution in [-0.4, -0.2) is 35.7 Å². The molecule has 0 aliphatic carbocycles. The lowest BCUT2D eigenvalue weighted by atomic mass is 10.1. The van der Waals surface area contributed by atoms with E-state index < -0.39 is 0 Å². The van der Waals surface area contributed by atoms with E-state index in [0.717, 1.165) is 44.6 Å². The van der Waals surface area contributed by atoms with Crippen LogP contribution in [0.1, 0.15) is 5.56 Å². The first kappa shape index (κ1) is 19.4. The van der Waals surface area contributed by atoms with Crippen molar-refractivity contribution < 1.29 is 9.47 Å². The molecule has 0 aliphatic heterocycles. The molecule has 0 bridgehead atoms. The fourth-order valence-corrected chi connectivity index (χ4v) is 4.31. The minimum Gasteiger partial charge on any atom is -0.493 e. The Balaban J connectivity index is 1.50. The Morgan fingerprint density at radius 2 is 1.90 bits per heavy atom.